The fourth-order valence-electron chi connectivity index (χ4n) is 4.25. The summed E-state index contributed by atoms with van der Waals surface area (Å²) in [4.78, 5) is 28.6. The lowest BCUT2D eigenvalue weighted by molar-refractivity contribution is -0.140. The molecule has 0 fully saturated rings. The van der Waals surface area contributed by atoms with Crippen molar-refractivity contribution in [2.24, 2.45) is 5.92 Å². The van der Waals surface area contributed by atoms with E-state index in [0.29, 0.717) is 36.6 Å². The Morgan fingerprint density at radius 1 is 0.927 bits per heavy atom. The average Bonchev–Trinajstić information content (AvgIpc) is 2.96. The number of amides is 2. The molecule has 3 aromatic carbocycles. The smallest absolute Gasteiger partial charge is 0.264 e. The minimum atomic E-state index is -4.19. The van der Waals surface area contributed by atoms with Crippen LogP contribution in [0.5, 0.6) is 5.75 Å². The fourth-order valence-corrected chi connectivity index (χ4v) is 5.67. The van der Waals surface area contributed by atoms with Crippen molar-refractivity contribution < 1.29 is 27.1 Å². The molecule has 0 saturated carbocycles. The van der Waals surface area contributed by atoms with E-state index in [9.17, 15) is 22.4 Å². The molecule has 0 aliphatic rings. The van der Waals surface area contributed by atoms with E-state index in [0.717, 1.165) is 4.31 Å². The van der Waals surface area contributed by atoms with Crippen LogP contribution in [0, 0.1) is 11.7 Å². The molecule has 0 aliphatic carbocycles. The fraction of sp³-hybridized carbons (Fsp3) is 0.355. The number of nitrogens with zero attached hydrogens (tertiary/aromatic N) is 2. The maximum absolute atomic E-state index is 14.0. The van der Waals surface area contributed by atoms with Gasteiger partial charge in [-0.1, -0.05) is 51.1 Å². The van der Waals surface area contributed by atoms with Crippen LogP contribution in [0.4, 0.5) is 10.1 Å². The highest BCUT2D eigenvalue weighted by atomic mass is 32.2. The first kappa shape index (κ1) is 31.6. The van der Waals surface area contributed by atoms with Crippen LogP contribution in [0.25, 0.3) is 0 Å². The second-order valence-electron chi connectivity index (χ2n) is 9.96. The Bertz CT molecular complexity index is 1380. The molecule has 3 aromatic rings. The quantitative estimate of drug-likeness (QED) is 0.288. The number of carbonyl (C=O) groups excluding carboxylic acids is 2. The summed E-state index contributed by atoms with van der Waals surface area (Å²) in [6.45, 7) is 7.86. The Hall–Kier alpha value is -3.92. The van der Waals surface area contributed by atoms with Gasteiger partial charge in [0.15, 0.2) is 0 Å². The number of hydrogen-bond acceptors (Lipinski definition) is 5. The van der Waals surface area contributed by atoms with Gasteiger partial charge in [-0.15, -0.1) is 0 Å². The third-order valence-corrected chi connectivity index (χ3v) is 8.17. The van der Waals surface area contributed by atoms with Crippen molar-refractivity contribution in [2.45, 2.75) is 51.6 Å². The Kier molecular flexibility index (Phi) is 11.3. The lowest BCUT2D eigenvalue weighted by Gasteiger charge is -2.33. The van der Waals surface area contributed by atoms with Gasteiger partial charge in [0.05, 0.1) is 17.2 Å². The van der Waals surface area contributed by atoms with Crippen molar-refractivity contribution in [1.82, 2.24) is 10.2 Å². The third kappa shape index (κ3) is 8.53. The number of carbonyl (C=O) groups is 2. The molecule has 0 radical (unpaired) electrons. The van der Waals surface area contributed by atoms with Gasteiger partial charge in [0.25, 0.3) is 10.0 Å². The lowest BCUT2D eigenvalue weighted by atomic mass is 10.1. The molecule has 1 unspecified atom stereocenters. The van der Waals surface area contributed by atoms with E-state index in [4.69, 9.17) is 4.74 Å². The average molecular weight is 584 g/mol. The molecule has 8 nitrogen and oxygen atoms in total. The lowest BCUT2D eigenvalue weighted by Crippen LogP contribution is -2.52. The maximum atomic E-state index is 14.0. The summed E-state index contributed by atoms with van der Waals surface area (Å²) in [6, 6.07) is 19.1. The van der Waals surface area contributed by atoms with Crippen molar-refractivity contribution in [3.8, 4) is 5.75 Å². The zero-order chi connectivity index (χ0) is 30.0. The molecule has 0 spiro atoms. The third-order valence-electron chi connectivity index (χ3n) is 6.38. The van der Waals surface area contributed by atoms with E-state index >= 15 is 0 Å². The molecule has 0 heterocycles. The van der Waals surface area contributed by atoms with Gasteiger partial charge in [0.2, 0.25) is 11.8 Å². The van der Waals surface area contributed by atoms with Crippen LogP contribution in [-0.2, 0) is 26.2 Å². The molecular formula is C31H38FN3O5S. The first-order valence-corrected chi connectivity index (χ1v) is 15.1. The van der Waals surface area contributed by atoms with Crippen LogP contribution < -0.4 is 14.4 Å². The molecule has 1 atom stereocenters. The second-order valence-corrected chi connectivity index (χ2v) is 11.8. The minimum Gasteiger partial charge on any atom is -0.494 e. The molecule has 0 aliphatic heterocycles. The van der Waals surface area contributed by atoms with Crippen LogP contribution >= 0.6 is 0 Å². The van der Waals surface area contributed by atoms with E-state index in [1.807, 2.05) is 20.8 Å². The summed E-state index contributed by atoms with van der Waals surface area (Å²) in [5.41, 5.74) is 0.907. The molecule has 10 heteroatoms. The number of anilines is 1. The van der Waals surface area contributed by atoms with Crippen molar-refractivity contribution in [1.29, 1.82) is 0 Å². The topological polar surface area (TPSA) is 96.0 Å². The molecule has 0 saturated heterocycles. The number of nitrogens with one attached hydrogen (secondary N) is 1. The predicted molar refractivity (Wildman–Crippen MR) is 157 cm³/mol. The summed E-state index contributed by atoms with van der Waals surface area (Å²) in [7, 11) is -4.19. The zero-order valence-electron chi connectivity index (χ0n) is 23.9. The first-order valence-electron chi connectivity index (χ1n) is 13.7. The normalized spacial score (nSPS) is 12.0. The number of halogens is 1. The van der Waals surface area contributed by atoms with Gasteiger partial charge < -0.3 is 15.0 Å². The van der Waals surface area contributed by atoms with Crippen LogP contribution in [-0.4, -0.2) is 50.9 Å². The van der Waals surface area contributed by atoms with Crippen LogP contribution in [0.1, 0.15) is 39.7 Å². The maximum Gasteiger partial charge on any atom is 0.264 e. The van der Waals surface area contributed by atoms with Gasteiger partial charge in [0, 0.05) is 13.1 Å². The molecule has 0 aromatic heterocycles. The highest BCUT2D eigenvalue weighted by Gasteiger charge is 2.33. The Morgan fingerprint density at radius 2 is 1.56 bits per heavy atom. The molecule has 220 valence electrons. The standard InChI is InChI=1S/C31H38FN3O5S/c1-5-29(31(37)33-20-23(3)4)34(21-24-12-14-25(32)15-13-24)30(36)22-35(26-10-8-7-9-11-26)41(38,39)28-18-16-27(17-19-28)40-6-2/h7-19,23,29H,5-6,20-22H2,1-4H3,(H,33,37). The largest absolute Gasteiger partial charge is 0.494 e. The molecule has 2 amide bonds. The van der Waals surface area contributed by atoms with Gasteiger partial charge in [-0.3, -0.25) is 13.9 Å². The van der Waals surface area contributed by atoms with E-state index in [1.165, 1.54) is 29.2 Å². The number of sulfonamides is 1. The van der Waals surface area contributed by atoms with Gasteiger partial charge in [-0.2, -0.15) is 0 Å². The first-order chi connectivity index (χ1) is 19.6. The number of rotatable bonds is 14. The summed E-state index contributed by atoms with van der Waals surface area (Å²) < 4.78 is 47.9. The summed E-state index contributed by atoms with van der Waals surface area (Å²) in [5.74, 6) is -0.607. The van der Waals surface area contributed by atoms with E-state index in [2.05, 4.69) is 5.32 Å². The second kappa shape index (κ2) is 14.6. The van der Waals surface area contributed by atoms with Crippen LogP contribution in [0.15, 0.2) is 83.8 Å². The Labute approximate surface area is 242 Å². The van der Waals surface area contributed by atoms with E-state index < -0.39 is 34.3 Å². The van der Waals surface area contributed by atoms with Crippen molar-refractivity contribution in [3.63, 3.8) is 0 Å². The highest BCUT2D eigenvalue weighted by Crippen LogP contribution is 2.26. The molecule has 1 N–H and O–H groups in total. The van der Waals surface area contributed by atoms with Crippen LogP contribution in [0.3, 0.4) is 0 Å². The predicted octanol–water partition coefficient (Wildman–Crippen LogP) is 5.00. The van der Waals surface area contributed by atoms with Crippen molar-refractivity contribution in [3.05, 3.63) is 90.2 Å². The van der Waals surface area contributed by atoms with Crippen LogP contribution in [0.2, 0.25) is 0 Å². The number of para-hydroxylation sites is 1. The van der Waals surface area contributed by atoms with Crippen molar-refractivity contribution in [2.75, 3.05) is 24.0 Å². The number of hydrogen-bond donors (Lipinski definition) is 1. The molecule has 41 heavy (non-hydrogen) atoms. The Morgan fingerprint density at radius 3 is 2.12 bits per heavy atom. The zero-order valence-corrected chi connectivity index (χ0v) is 24.7. The minimum absolute atomic E-state index is 0.00154. The highest BCUT2D eigenvalue weighted by molar-refractivity contribution is 7.92. The number of benzene rings is 3. The number of ether oxygens (including phenoxy) is 1. The summed E-state index contributed by atoms with van der Waals surface area (Å²) in [5, 5.41) is 2.88. The monoisotopic (exact) mass is 583 g/mol. The molecule has 3 rings (SSSR count). The van der Waals surface area contributed by atoms with E-state index in [-0.39, 0.29) is 23.3 Å². The Balaban J connectivity index is 2.00. The molecule has 0 bridgehead atoms. The van der Waals surface area contributed by atoms with Gasteiger partial charge in [-0.25, -0.2) is 12.8 Å². The van der Waals surface area contributed by atoms with Crippen molar-refractivity contribution >= 4 is 27.5 Å². The van der Waals surface area contributed by atoms with E-state index in [1.54, 1.807) is 61.5 Å². The summed E-state index contributed by atoms with van der Waals surface area (Å²) >= 11 is 0. The van der Waals surface area contributed by atoms with Gasteiger partial charge in [0.1, 0.15) is 24.2 Å². The molecular weight excluding hydrogens is 545 g/mol. The SMILES string of the molecule is CCOc1ccc(S(=O)(=O)N(CC(=O)N(Cc2ccc(F)cc2)C(CC)C(=O)NCC(C)C)c2ccccc2)cc1. The van der Waals surface area contributed by atoms with Gasteiger partial charge >= 0.3 is 0 Å². The van der Waals surface area contributed by atoms with Gasteiger partial charge in [-0.05, 0) is 73.4 Å². The summed E-state index contributed by atoms with van der Waals surface area (Å²) in [6.07, 6.45) is 0.299.